The Morgan fingerprint density at radius 3 is 1.93 bits per heavy atom. The zero-order valence-electron chi connectivity index (χ0n) is 28.0. The van der Waals surface area contributed by atoms with Gasteiger partial charge in [0.2, 0.25) is 5.91 Å². The summed E-state index contributed by atoms with van der Waals surface area (Å²) in [5, 5.41) is 3.07. The molecule has 0 spiro atoms. The first-order valence-corrected chi connectivity index (χ1v) is 17.6. The molecule has 1 heterocycles. The number of hydrogen-bond donors (Lipinski definition) is 1. The highest BCUT2D eigenvalue weighted by Gasteiger charge is 2.11. The predicted octanol–water partition coefficient (Wildman–Crippen LogP) is 9.61. The first-order chi connectivity index (χ1) is 21.7. The fourth-order valence-electron chi connectivity index (χ4n) is 6.10. The average Bonchev–Trinajstić information content (AvgIpc) is 3.39. The summed E-state index contributed by atoms with van der Waals surface area (Å²) in [6.07, 6.45) is 24.2. The van der Waals surface area contributed by atoms with Crippen molar-refractivity contribution in [2.24, 2.45) is 0 Å². The minimum atomic E-state index is 0.0129. The fraction of sp³-hybridized carbons (Fsp3) is 0.632. The van der Waals surface area contributed by atoms with E-state index in [0.717, 1.165) is 36.3 Å². The molecule has 1 aromatic heterocycles. The minimum Gasteiger partial charge on any atom is -0.493 e. The van der Waals surface area contributed by atoms with Crippen LogP contribution in [0.25, 0.3) is 11.0 Å². The number of benzene rings is 2. The van der Waals surface area contributed by atoms with Crippen LogP contribution in [0.3, 0.4) is 0 Å². The molecule has 3 aromatic rings. The molecule has 0 unspecified atom stereocenters. The number of amides is 1. The molecule has 6 heteroatoms. The van der Waals surface area contributed by atoms with Gasteiger partial charge in [0.1, 0.15) is 5.82 Å². The average molecular weight is 606 g/mol. The maximum atomic E-state index is 12.6. The molecule has 0 fully saturated rings. The molecule has 0 radical (unpaired) electrons. The number of hydrogen-bond acceptors (Lipinski definition) is 4. The molecule has 244 valence electrons. The van der Waals surface area contributed by atoms with Gasteiger partial charge < -0.3 is 19.4 Å². The van der Waals surface area contributed by atoms with E-state index in [4.69, 9.17) is 14.5 Å². The lowest BCUT2D eigenvalue weighted by molar-refractivity contribution is -0.120. The van der Waals surface area contributed by atoms with E-state index >= 15 is 0 Å². The van der Waals surface area contributed by atoms with E-state index in [2.05, 4.69) is 41.1 Å². The zero-order chi connectivity index (χ0) is 31.2. The van der Waals surface area contributed by atoms with Crippen LogP contribution in [0.5, 0.6) is 11.5 Å². The van der Waals surface area contributed by atoms with E-state index in [-0.39, 0.29) is 5.91 Å². The van der Waals surface area contributed by atoms with Gasteiger partial charge in [-0.3, -0.25) is 4.79 Å². The Labute approximate surface area is 267 Å². The molecule has 3 rings (SSSR count). The van der Waals surface area contributed by atoms with Gasteiger partial charge in [0.05, 0.1) is 31.7 Å². The monoisotopic (exact) mass is 605 g/mol. The first kappa shape index (κ1) is 35.5. The van der Waals surface area contributed by atoms with Crippen LogP contribution in [-0.2, 0) is 24.2 Å². The molecule has 0 aliphatic carbocycles. The van der Waals surface area contributed by atoms with Crippen LogP contribution in [0.4, 0.5) is 0 Å². The third kappa shape index (κ3) is 12.9. The highest BCUT2D eigenvalue weighted by atomic mass is 16.5. The largest absolute Gasteiger partial charge is 0.493 e. The molecule has 2 aromatic carbocycles. The Hall–Kier alpha value is -3.02. The molecule has 1 N–H and O–H groups in total. The molecule has 0 aliphatic heterocycles. The third-order valence-electron chi connectivity index (χ3n) is 8.68. The number of rotatable bonds is 25. The minimum absolute atomic E-state index is 0.0129. The summed E-state index contributed by atoms with van der Waals surface area (Å²) in [5.41, 5.74) is 3.19. The van der Waals surface area contributed by atoms with Crippen LogP contribution in [0.1, 0.15) is 127 Å². The highest BCUT2D eigenvalue weighted by molar-refractivity contribution is 5.79. The van der Waals surface area contributed by atoms with Crippen LogP contribution < -0.4 is 14.8 Å². The molecule has 0 saturated carbocycles. The normalized spacial score (nSPS) is 11.2. The number of carbonyl (C=O) groups is 1. The van der Waals surface area contributed by atoms with Crippen LogP contribution in [-0.4, -0.2) is 36.2 Å². The van der Waals surface area contributed by atoms with Gasteiger partial charge in [-0.2, -0.15) is 0 Å². The summed E-state index contributed by atoms with van der Waals surface area (Å²) >= 11 is 0. The van der Waals surface area contributed by atoms with Crippen molar-refractivity contribution in [2.75, 3.05) is 20.8 Å². The molecule has 0 atom stereocenters. The van der Waals surface area contributed by atoms with Crippen LogP contribution in [0, 0.1) is 0 Å². The molecule has 1 amide bonds. The van der Waals surface area contributed by atoms with Gasteiger partial charge in [-0.25, -0.2) is 4.98 Å². The van der Waals surface area contributed by atoms with Gasteiger partial charge in [0.25, 0.3) is 0 Å². The summed E-state index contributed by atoms with van der Waals surface area (Å²) in [4.78, 5) is 17.5. The van der Waals surface area contributed by atoms with Crippen molar-refractivity contribution in [3.63, 3.8) is 0 Å². The van der Waals surface area contributed by atoms with E-state index < -0.39 is 0 Å². The molecular formula is C38H59N3O3. The number of ether oxygens (including phenoxy) is 2. The second-order valence-electron chi connectivity index (χ2n) is 12.3. The van der Waals surface area contributed by atoms with Crippen LogP contribution in [0.15, 0.2) is 42.5 Å². The van der Waals surface area contributed by atoms with Crippen LogP contribution in [0.2, 0.25) is 0 Å². The van der Waals surface area contributed by atoms with E-state index in [1.54, 1.807) is 14.2 Å². The van der Waals surface area contributed by atoms with Gasteiger partial charge in [0, 0.05) is 19.5 Å². The molecular weight excluding hydrogens is 546 g/mol. The van der Waals surface area contributed by atoms with Crippen molar-refractivity contribution >= 4 is 16.9 Å². The summed E-state index contributed by atoms with van der Waals surface area (Å²) in [5.74, 6) is 2.44. The smallest absolute Gasteiger partial charge is 0.224 e. The van der Waals surface area contributed by atoms with E-state index in [9.17, 15) is 4.79 Å². The number of methoxy groups -OCH3 is 2. The summed E-state index contributed by atoms with van der Waals surface area (Å²) in [7, 11) is 3.22. The Balaban J connectivity index is 1.29. The quantitative estimate of drug-likeness (QED) is 0.0977. The number of nitrogens with one attached hydrogen (secondary N) is 1. The number of nitrogens with zero attached hydrogens (tertiary/aromatic N) is 2. The number of carbonyl (C=O) groups excluding carboxylic acids is 1. The summed E-state index contributed by atoms with van der Waals surface area (Å²) in [6, 6.07) is 14.1. The Morgan fingerprint density at radius 1 is 0.727 bits per heavy atom. The predicted molar refractivity (Wildman–Crippen MR) is 184 cm³/mol. The second-order valence-corrected chi connectivity index (χ2v) is 12.3. The number of para-hydroxylation sites is 2. The zero-order valence-corrected chi connectivity index (χ0v) is 28.0. The lowest BCUT2D eigenvalue weighted by atomic mass is 10.0. The lowest BCUT2D eigenvalue weighted by Crippen LogP contribution is -2.26. The SMILES string of the molecule is CCCCCCCCCCCCCCCCCCn1c(CCCNC(=O)Cc2ccc(OC)c(OC)c2)nc2ccccc21. The number of aryl methyl sites for hydroxylation is 2. The molecule has 0 saturated heterocycles. The van der Waals surface area contributed by atoms with Crippen molar-refractivity contribution < 1.29 is 14.3 Å². The number of aromatic nitrogens is 2. The summed E-state index contributed by atoms with van der Waals surface area (Å²) < 4.78 is 13.1. The van der Waals surface area contributed by atoms with E-state index in [1.807, 2.05) is 18.2 Å². The number of unbranched alkanes of at least 4 members (excludes halogenated alkanes) is 15. The van der Waals surface area contributed by atoms with Crippen molar-refractivity contribution in [3.8, 4) is 11.5 Å². The topological polar surface area (TPSA) is 65.4 Å². The molecule has 0 aliphatic rings. The van der Waals surface area contributed by atoms with E-state index in [1.165, 1.54) is 108 Å². The third-order valence-corrected chi connectivity index (χ3v) is 8.68. The first-order valence-electron chi connectivity index (χ1n) is 17.6. The van der Waals surface area contributed by atoms with Crippen molar-refractivity contribution in [1.82, 2.24) is 14.9 Å². The fourth-order valence-corrected chi connectivity index (χ4v) is 6.10. The van der Waals surface area contributed by atoms with Crippen LogP contribution >= 0.6 is 0 Å². The maximum absolute atomic E-state index is 12.6. The highest BCUT2D eigenvalue weighted by Crippen LogP contribution is 2.27. The van der Waals surface area contributed by atoms with Crippen molar-refractivity contribution in [3.05, 3.63) is 53.9 Å². The molecule has 44 heavy (non-hydrogen) atoms. The molecule has 6 nitrogen and oxygen atoms in total. The van der Waals surface area contributed by atoms with Crippen molar-refractivity contribution in [1.29, 1.82) is 0 Å². The van der Waals surface area contributed by atoms with Gasteiger partial charge in [-0.05, 0) is 42.7 Å². The Kier molecular flexibility index (Phi) is 17.4. The lowest BCUT2D eigenvalue weighted by Gasteiger charge is -2.11. The van der Waals surface area contributed by atoms with Gasteiger partial charge >= 0.3 is 0 Å². The van der Waals surface area contributed by atoms with Crippen molar-refractivity contribution in [2.45, 2.75) is 135 Å². The Bertz CT molecular complexity index is 1210. The second kappa shape index (κ2) is 21.6. The summed E-state index contributed by atoms with van der Waals surface area (Å²) in [6.45, 7) is 3.94. The number of fused-ring (bicyclic) bond motifs is 1. The van der Waals surface area contributed by atoms with E-state index in [0.29, 0.717) is 24.5 Å². The Morgan fingerprint density at radius 2 is 1.32 bits per heavy atom. The van der Waals surface area contributed by atoms with Gasteiger partial charge in [0.15, 0.2) is 11.5 Å². The van der Waals surface area contributed by atoms with Gasteiger partial charge in [-0.1, -0.05) is 121 Å². The standard InChI is InChI=1S/C38H59N3O3/c1-4-5-6-7-8-9-10-11-12-13-14-15-16-17-18-21-29-41-34-24-20-19-23-33(34)40-37(41)25-22-28-39-38(42)31-32-26-27-35(43-2)36(30-32)44-3/h19-20,23-24,26-27,30H,4-18,21-22,25,28-29,31H2,1-3H3,(H,39,42). The molecule has 0 bridgehead atoms. The number of imidazole rings is 1. The van der Waals surface area contributed by atoms with Gasteiger partial charge in [-0.15, -0.1) is 0 Å². The maximum Gasteiger partial charge on any atom is 0.224 e.